The number of pyridine rings is 1. The highest BCUT2D eigenvalue weighted by Crippen LogP contribution is 2.41. The Balaban J connectivity index is 1.76. The number of hydrogen-bond acceptors (Lipinski definition) is 2. The maximum atomic E-state index is 13.1. The van der Waals surface area contributed by atoms with E-state index >= 15 is 0 Å². The Labute approximate surface area is 143 Å². The number of fused-ring (bicyclic) bond motifs is 1. The molecule has 1 aromatic heterocycles. The monoisotopic (exact) mass is 320 g/mol. The number of hydrogen-bond donors (Lipinski definition) is 0. The molecule has 1 aliphatic carbocycles. The predicted octanol–water partition coefficient (Wildman–Crippen LogP) is 3.91. The minimum Gasteiger partial charge on any atom is -0.331 e. The molecule has 2 aliphatic rings. The van der Waals surface area contributed by atoms with Gasteiger partial charge in [-0.25, -0.2) is 0 Å². The first-order valence-electron chi connectivity index (χ1n) is 8.95. The van der Waals surface area contributed by atoms with Crippen LogP contribution in [0.5, 0.6) is 0 Å². The van der Waals surface area contributed by atoms with Crippen molar-refractivity contribution in [2.45, 2.75) is 39.2 Å². The van der Waals surface area contributed by atoms with E-state index in [0.717, 1.165) is 18.5 Å². The van der Waals surface area contributed by atoms with E-state index in [-0.39, 0.29) is 12.0 Å². The van der Waals surface area contributed by atoms with Crippen LogP contribution in [-0.4, -0.2) is 22.3 Å². The summed E-state index contributed by atoms with van der Waals surface area (Å²) in [7, 11) is 0. The molecular weight excluding hydrogens is 296 g/mol. The van der Waals surface area contributed by atoms with E-state index in [1.165, 1.54) is 29.5 Å². The molecule has 0 bridgehead atoms. The highest BCUT2D eigenvalue weighted by Gasteiger charge is 2.39. The van der Waals surface area contributed by atoms with Crippen LogP contribution in [0.25, 0.3) is 0 Å². The van der Waals surface area contributed by atoms with Crippen LogP contribution in [0.4, 0.5) is 0 Å². The number of carbonyl (C=O) groups excluding carboxylic acids is 1. The molecule has 1 aromatic carbocycles. The Kier molecular flexibility index (Phi) is 3.87. The molecule has 0 spiro atoms. The predicted molar refractivity (Wildman–Crippen MR) is 94.6 cm³/mol. The zero-order chi connectivity index (χ0) is 16.7. The van der Waals surface area contributed by atoms with Gasteiger partial charge in [-0.1, -0.05) is 36.8 Å². The third kappa shape index (κ3) is 2.72. The van der Waals surface area contributed by atoms with Crippen molar-refractivity contribution >= 4 is 5.91 Å². The van der Waals surface area contributed by atoms with Crippen molar-refractivity contribution < 1.29 is 4.79 Å². The van der Waals surface area contributed by atoms with E-state index in [4.69, 9.17) is 0 Å². The fourth-order valence-electron chi connectivity index (χ4n) is 3.95. The van der Waals surface area contributed by atoms with Crippen LogP contribution in [0.2, 0.25) is 0 Å². The van der Waals surface area contributed by atoms with Crippen molar-refractivity contribution in [2.75, 3.05) is 6.54 Å². The van der Waals surface area contributed by atoms with Crippen molar-refractivity contribution in [3.63, 3.8) is 0 Å². The Hall–Kier alpha value is -2.16. The van der Waals surface area contributed by atoms with Crippen LogP contribution in [0.3, 0.4) is 0 Å². The van der Waals surface area contributed by atoms with Crippen molar-refractivity contribution in [3.8, 4) is 0 Å². The summed E-state index contributed by atoms with van der Waals surface area (Å²) < 4.78 is 0. The number of amides is 1. The highest BCUT2D eigenvalue weighted by molar-refractivity contribution is 5.80. The molecule has 3 heteroatoms. The van der Waals surface area contributed by atoms with Gasteiger partial charge in [-0.3, -0.25) is 9.78 Å². The minimum atomic E-state index is -0.00301. The van der Waals surface area contributed by atoms with Gasteiger partial charge in [0.1, 0.15) is 0 Å². The lowest BCUT2D eigenvalue weighted by Crippen LogP contribution is -2.43. The maximum Gasteiger partial charge on any atom is 0.226 e. The van der Waals surface area contributed by atoms with Crippen LogP contribution < -0.4 is 0 Å². The molecule has 4 rings (SSSR count). The summed E-state index contributed by atoms with van der Waals surface area (Å²) in [5.74, 6) is 1.03. The molecule has 3 nitrogen and oxygen atoms in total. The molecule has 24 heavy (non-hydrogen) atoms. The Morgan fingerprint density at radius 3 is 2.83 bits per heavy atom. The first kappa shape index (κ1) is 15.4. The van der Waals surface area contributed by atoms with Crippen molar-refractivity contribution in [1.82, 2.24) is 9.88 Å². The normalized spacial score (nSPS) is 21.2. The molecule has 0 radical (unpaired) electrons. The van der Waals surface area contributed by atoms with Crippen LogP contribution in [0, 0.1) is 18.8 Å². The van der Waals surface area contributed by atoms with Gasteiger partial charge in [-0.15, -0.1) is 0 Å². The van der Waals surface area contributed by atoms with Gasteiger partial charge in [0.25, 0.3) is 0 Å². The first-order valence-corrected chi connectivity index (χ1v) is 8.95. The molecule has 124 valence electrons. The second-order valence-electron chi connectivity index (χ2n) is 7.30. The molecule has 1 fully saturated rings. The van der Waals surface area contributed by atoms with Gasteiger partial charge in [-0.2, -0.15) is 0 Å². The lowest BCUT2D eigenvalue weighted by Gasteiger charge is -2.39. The average Bonchev–Trinajstić information content (AvgIpc) is 3.45. The summed E-state index contributed by atoms with van der Waals surface area (Å²) in [6, 6.07) is 10.7. The Morgan fingerprint density at radius 1 is 1.29 bits per heavy atom. The van der Waals surface area contributed by atoms with E-state index < -0.39 is 0 Å². The zero-order valence-corrected chi connectivity index (χ0v) is 14.4. The number of aryl methyl sites for hydroxylation is 1. The molecule has 2 heterocycles. The van der Waals surface area contributed by atoms with E-state index in [2.05, 4.69) is 48.0 Å². The lowest BCUT2D eigenvalue weighted by molar-refractivity contribution is -0.137. The minimum absolute atomic E-state index is 0.00301. The summed E-state index contributed by atoms with van der Waals surface area (Å²) in [5.41, 5.74) is 5.02. The molecule has 0 saturated heterocycles. The van der Waals surface area contributed by atoms with Crippen LogP contribution in [0.15, 0.2) is 42.7 Å². The topological polar surface area (TPSA) is 33.2 Å². The van der Waals surface area contributed by atoms with Gasteiger partial charge in [0.05, 0.1) is 6.04 Å². The largest absolute Gasteiger partial charge is 0.331 e. The second kappa shape index (κ2) is 6.04. The van der Waals surface area contributed by atoms with Gasteiger partial charge in [0.15, 0.2) is 0 Å². The van der Waals surface area contributed by atoms with E-state index in [1.54, 1.807) is 6.20 Å². The summed E-state index contributed by atoms with van der Waals surface area (Å²) in [5, 5.41) is 0. The fourth-order valence-corrected chi connectivity index (χ4v) is 3.95. The summed E-state index contributed by atoms with van der Waals surface area (Å²) in [4.78, 5) is 19.5. The van der Waals surface area contributed by atoms with Gasteiger partial charge < -0.3 is 4.90 Å². The molecule has 1 amide bonds. The molecule has 2 aromatic rings. The van der Waals surface area contributed by atoms with Crippen LogP contribution >= 0.6 is 0 Å². The third-order valence-electron chi connectivity index (χ3n) is 5.53. The van der Waals surface area contributed by atoms with E-state index in [9.17, 15) is 4.79 Å². The Morgan fingerprint density at radius 2 is 2.12 bits per heavy atom. The average molecular weight is 320 g/mol. The molecule has 2 atom stereocenters. The van der Waals surface area contributed by atoms with Crippen molar-refractivity contribution in [3.05, 3.63) is 65.0 Å². The van der Waals surface area contributed by atoms with Crippen LogP contribution in [-0.2, 0) is 11.2 Å². The smallest absolute Gasteiger partial charge is 0.226 e. The third-order valence-corrected chi connectivity index (χ3v) is 5.53. The maximum absolute atomic E-state index is 13.1. The highest BCUT2D eigenvalue weighted by atomic mass is 16.2. The Bertz CT molecular complexity index is 752. The van der Waals surface area contributed by atoms with Gasteiger partial charge >= 0.3 is 0 Å². The van der Waals surface area contributed by atoms with Crippen molar-refractivity contribution in [2.24, 2.45) is 11.8 Å². The number of benzene rings is 1. The summed E-state index contributed by atoms with van der Waals surface area (Å²) in [6.07, 6.45) is 7.04. The first-order chi connectivity index (χ1) is 11.6. The quantitative estimate of drug-likeness (QED) is 0.859. The van der Waals surface area contributed by atoms with Gasteiger partial charge in [-0.05, 0) is 54.9 Å². The zero-order valence-electron chi connectivity index (χ0n) is 14.4. The summed E-state index contributed by atoms with van der Waals surface area (Å²) >= 11 is 0. The lowest BCUT2D eigenvalue weighted by atomic mass is 9.86. The van der Waals surface area contributed by atoms with Gasteiger partial charge in [0, 0.05) is 24.9 Å². The second-order valence-corrected chi connectivity index (χ2v) is 7.30. The summed E-state index contributed by atoms with van der Waals surface area (Å²) in [6.45, 7) is 5.03. The molecular formula is C21H24N2O. The fraction of sp³-hybridized carbons (Fsp3) is 0.429. The van der Waals surface area contributed by atoms with Crippen molar-refractivity contribution in [1.29, 1.82) is 0 Å². The van der Waals surface area contributed by atoms with E-state index in [1.807, 2.05) is 12.3 Å². The van der Waals surface area contributed by atoms with Gasteiger partial charge in [0.2, 0.25) is 5.91 Å². The molecule has 0 N–H and O–H groups in total. The molecule has 2 unspecified atom stereocenters. The number of rotatable bonds is 3. The van der Waals surface area contributed by atoms with Crippen LogP contribution in [0.1, 0.15) is 48.1 Å². The standard InChI is InChI=1S/C21H24N2O/c1-14-5-8-19-17(12-14)9-11-23(21(24)15(2)16-6-7-16)20(19)18-4-3-10-22-13-18/h3-5,8,10,12-13,15-16,20H,6-7,9,11H2,1-2H3. The number of aromatic nitrogens is 1. The SMILES string of the molecule is Cc1ccc2c(c1)CCN(C(=O)C(C)C1CC1)C2c1cccnc1. The number of carbonyl (C=O) groups is 1. The van der Waals surface area contributed by atoms with E-state index in [0.29, 0.717) is 11.8 Å². The molecule has 1 saturated carbocycles. The number of nitrogens with zero attached hydrogens (tertiary/aromatic N) is 2. The molecule has 1 aliphatic heterocycles.